The van der Waals surface area contributed by atoms with Crippen molar-refractivity contribution in [3.8, 4) is 11.3 Å². The SMILES string of the molecule is O=C(Nc1ccc(-c2ccc(N3CCCCCC3)nn2)cc1)c1c(F)cccc1F. The van der Waals surface area contributed by atoms with Crippen LogP contribution in [0.2, 0.25) is 0 Å². The zero-order chi connectivity index (χ0) is 20.9. The number of rotatable bonds is 4. The van der Waals surface area contributed by atoms with Gasteiger partial charge in [-0.05, 0) is 49.2 Å². The highest BCUT2D eigenvalue weighted by molar-refractivity contribution is 6.04. The van der Waals surface area contributed by atoms with Gasteiger partial charge in [0.1, 0.15) is 17.2 Å². The van der Waals surface area contributed by atoms with E-state index in [-0.39, 0.29) is 0 Å². The van der Waals surface area contributed by atoms with Crippen LogP contribution in [0.5, 0.6) is 0 Å². The smallest absolute Gasteiger partial charge is 0.261 e. The van der Waals surface area contributed by atoms with Gasteiger partial charge in [-0.1, -0.05) is 31.0 Å². The Balaban J connectivity index is 1.45. The largest absolute Gasteiger partial charge is 0.355 e. The molecule has 1 fully saturated rings. The predicted molar refractivity (Wildman–Crippen MR) is 112 cm³/mol. The normalized spacial score (nSPS) is 14.3. The first-order chi connectivity index (χ1) is 14.6. The molecule has 1 aromatic heterocycles. The number of carbonyl (C=O) groups excluding carboxylic acids is 1. The molecule has 5 nitrogen and oxygen atoms in total. The Kier molecular flexibility index (Phi) is 5.97. The Hall–Kier alpha value is -3.35. The summed E-state index contributed by atoms with van der Waals surface area (Å²) in [6, 6.07) is 14.1. The number of nitrogens with one attached hydrogen (secondary N) is 1. The van der Waals surface area contributed by atoms with Crippen LogP contribution < -0.4 is 10.2 Å². The molecule has 7 heteroatoms. The summed E-state index contributed by atoms with van der Waals surface area (Å²) in [6.45, 7) is 2.01. The first-order valence-corrected chi connectivity index (χ1v) is 10.1. The highest BCUT2D eigenvalue weighted by atomic mass is 19.1. The van der Waals surface area contributed by atoms with E-state index in [1.807, 2.05) is 12.1 Å². The quantitative estimate of drug-likeness (QED) is 0.656. The molecule has 1 amide bonds. The number of hydrogen-bond acceptors (Lipinski definition) is 4. The van der Waals surface area contributed by atoms with E-state index in [0.29, 0.717) is 11.4 Å². The van der Waals surface area contributed by atoms with Gasteiger partial charge in [0.15, 0.2) is 5.82 Å². The van der Waals surface area contributed by atoms with Gasteiger partial charge in [-0.15, -0.1) is 10.2 Å². The summed E-state index contributed by atoms with van der Waals surface area (Å²) >= 11 is 0. The Bertz CT molecular complexity index is 994. The molecule has 0 radical (unpaired) electrons. The second-order valence-electron chi connectivity index (χ2n) is 7.31. The minimum Gasteiger partial charge on any atom is -0.355 e. The molecule has 1 aliphatic rings. The molecule has 2 aromatic carbocycles. The lowest BCUT2D eigenvalue weighted by Crippen LogP contribution is -2.25. The molecular weight excluding hydrogens is 386 g/mol. The molecule has 0 unspecified atom stereocenters. The summed E-state index contributed by atoms with van der Waals surface area (Å²) in [5.41, 5.74) is 1.38. The van der Waals surface area contributed by atoms with E-state index in [1.165, 1.54) is 31.7 Å². The predicted octanol–water partition coefficient (Wildman–Crippen LogP) is 5.05. The molecule has 3 aromatic rings. The lowest BCUT2D eigenvalue weighted by atomic mass is 10.1. The number of anilines is 2. The third-order valence-corrected chi connectivity index (χ3v) is 5.21. The number of aromatic nitrogens is 2. The topological polar surface area (TPSA) is 58.1 Å². The minimum atomic E-state index is -0.899. The standard InChI is InChI=1S/C23H22F2N4O/c24-18-6-5-7-19(25)22(18)23(30)26-17-10-8-16(9-11-17)20-12-13-21(28-27-20)29-14-3-1-2-4-15-29/h5-13H,1-4,14-15H2,(H,26,30). The van der Waals surface area contributed by atoms with Gasteiger partial charge in [0.2, 0.25) is 0 Å². The Morgan fingerprint density at radius 1 is 0.833 bits per heavy atom. The van der Waals surface area contributed by atoms with Gasteiger partial charge < -0.3 is 10.2 Å². The van der Waals surface area contributed by atoms with E-state index in [4.69, 9.17) is 0 Å². The van der Waals surface area contributed by atoms with Gasteiger partial charge in [0.25, 0.3) is 5.91 Å². The second-order valence-corrected chi connectivity index (χ2v) is 7.31. The van der Waals surface area contributed by atoms with Gasteiger partial charge in [0, 0.05) is 24.3 Å². The van der Waals surface area contributed by atoms with Crippen molar-refractivity contribution in [3.63, 3.8) is 0 Å². The van der Waals surface area contributed by atoms with Crippen LogP contribution in [0, 0.1) is 11.6 Å². The van der Waals surface area contributed by atoms with Gasteiger partial charge in [-0.25, -0.2) is 8.78 Å². The fourth-order valence-electron chi connectivity index (χ4n) is 3.58. The van der Waals surface area contributed by atoms with Crippen molar-refractivity contribution in [2.24, 2.45) is 0 Å². The lowest BCUT2D eigenvalue weighted by Gasteiger charge is -2.20. The Morgan fingerprint density at radius 3 is 2.10 bits per heavy atom. The molecule has 1 aliphatic heterocycles. The number of hydrogen-bond donors (Lipinski definition) is 1. The van der Waals surface area contributed by atoms with Crippen LogP contribution in [0.1, 0.15) is 36.0 Å². The van der Waals surface area contributed by atoms with Crippen molar-refractivity contribution in [1.82, 2.24) is 10.2 Å². The van der Waals surface area contributed by atoms with E-state index < -0.39 is 23.1 Å². The van der Waals surface area contributed by atoms with Crippen LogP contribution >= 0.6 is 0 Å². The number of benzene rings is 2. The average molecular weight is 408 g/mol. The van der Waals surface area contributed by atoms with Gasteiger partial charge in [-0.2, -0.15) is 0 Å². The van der Waals surface area contributed by atoms with E-state index in [0.717, 1.165) is 36.6 Å². The molecule has 0 atom stereocenters. The fourth-order valence-corrected chi connectivity index (χ4v) is 3.58. The first kappa shape index (κ1) is 19.9. The molecule has 1 N–H and O–H groups in total. The summed E-state index contributed by atoms with van der Waals surface area (Å²) in [7, 11) is 0. The minimum absolute atomic E-state index is 0.431. The number of nitrogens with zero attached hydrogens (tertiary/aromatic N) is 3. The van der Waals surface area contributed by atoms with Crippen LogP contribution in [0.3, 0.4) is 0 Å². The monoisotopic (exact) mass is 408 g/mol. The van der Waals surface area contributed by atoms with Crippen molar-refractivity contribution < 1.29 is 13.6 Å². The van der Waals surface area contributed by atoms with E-state index in [9.17, 15) is 13.6 Å². The van der Waals surface area contributed by atoms with Crippen LogP contribution in [0.25, 0.3) is 11.3 Å². The molecule has 0 aliphatic carbocycles. The number of carbonyl (C=O) groups is 1. The number of amides is 1. The number of halogens is 2. The third-order valence-electron chi connectivity index (χ3n) is 5.21. The summed E-state index contributed by atoms with van der Waals surface area (Å²) in [4.78, 5) is 14.5. The maximum absolute atomic E-state index is 13.8. The maximum Gasteiger partial charge on any atom is 0.261 e. The molecule has 154 valence electrons. The molecule has 0 bridgehead atoms. The molecule has 30 heavy (non-hydrogen) atoms. The molecular formula is C23H22F2N4O. The molecule has 2 heterocycles. The average Bonchev–Trinajstić information content (AvgIpc) is 3.04. The zero-order valence-corrected chi connectivity index (χ0v) is 16.4. The molecule has 4 rings (SSSR count). The van der Waals surface area contributed by atoms with Crippen molar-refractivity contribution in [1.29, 1.82) is 0 Å². The summed E-state index contributed by atoms with van der Waals surface area (Å²) in [5, 5.41) is 11.2. The third kappa shape index (κ3) is 4.45. The highest BCUT2D eigenvalue weighted by Crippen LogP contribution is 2.23. The van der Waals surface area contributed by atoms with Crippen molar-refractivity contribution in [3.05, 3.63) is 71.8 Å². The Morgan fingerprint density at radius 2 is 1.50 bits per heavy atom. The van der Waals surface area contributed by atoms with Crippen LogP contribution in [0.15, 0.2) is 54.6 Å². The second kappa shape index (κ2) is 8.98. The first-order valence-electron chi connectivity index (χ1n) is 10.1. The van der Waals surface area contributed by atoms with E-state index >= 15 is 0 Å². The highest BCUT2D eigenvalue weighted by Gasteiger charge is 2.17. The maximum atomic E-state index is 13.8. The summed E-state index contributed by atoms with van der Waals surface area (Å²) in [6.07, 6.45) is 4.86. The van der Waals surface area contributed by atoms with Gasteiger partial charge in [0.05, 0.1) is 5.69 Å². The van der Waals surface area contributed by atoms with Crippen LogP contribution in [0.4, 0.5) is 20.3 Å². The molecule has 0 saturated carbocycles. The van der Waals surface area contributed by atoms with Crippen LogP contribution in [-0.2, 0) is 0 Å². The van der Waals surface area contributed by atoms with Crippen molar-refractivity contribution >= 4 is 17.4 Å². The fraction of sp³-hybridized carbons (Fsp3) is 0.261. The summed E-state index contributed by atoms with van der Waals surface area (Å²) in [5.74, 6) is -1.75. The Labute approximate surface area is 173 Å². The molecule has 1 saturated heterocycles. The van der Waals surface area contributed by atoms with E-state index in [1.54, 1.807) is 24.3 Å². The van der Waals surface area contributed by atoms with Crippen LogP contribution in [-0.4, -0.2) is 29.2 Å². The lowest BCUT2D eigenvalue weighted by molar-refractivity contribution is 0.101. The van der Waals surface area contributed by atoms with E-state index in [2.05, 4.69) is 20.4 Å². The van der Waals surface area contributed by atoms with Gasteiger partial charge >= 0.3 is 0 Å². The molecule has 0 spiro atoms. The summed E-state index contributed by atoms with van der Waals surface area (Å²) < 4.78 is 27.5. The van der Waals surface area contributed by atoms with Gasteiger partial charge in [-0.3, -0.25) is 4.79 Å². The van der Waals surface area contributed by atoms with Crippen molar-refractivity contribution in [2.75, 3.05) is 23.3 Å². The zero-order valence-electron chi connectivity index (χ0n) is 16.4. The van der Waals surface area contributed by atoms with Crippen molar-refractivity contribution in [2.45, 2.75) is 25.7 Å².